The molecule has 5 heteroatoms. The molecule has 0 radical (unpaired) electrons. The maximum absolute atomic E-state index is 10.9. The van der Waals surface area contributed by atoms with Gasteiger partial charge in [0.15, 0.2) is 5.75 Å². The predicted molar refractivity (Wildman–Crippen MR) is 65.5 cm³/mol. The van der Waals surface area contributed by atoms with Crippen LogP contribution in [-0.2, 0) is 5.88 Å². The van der Waals surface area contributed by atoms with Gasteiger partial charge in [-0.2, -0.15) is 0 Å². The maximum atomic E-state index is 10.9. The lowest BCUT2D eigenvalue weighted by Gasteiger charge is -2.07. The van der Waals surface area contributed by atoms with Crippen LogP contribution in [0.5, 0.6) is 5.75 Å². The molecule has 1 aromatic rings. The third-order valence-corrected chi connectivity index (χ3v) is 3.16. The van der Waals surface area contributed by atoms with Crippen molar-refractivity contribution in [2.75, 3.05) is 6.61 Å². The van der Waals surface area contributed by atoms with Crippen molar-refractivity contribution in [2.24, 2.45) is 5.92 Å². The Morgan fingerprint density at radius 3 is 2.82 bits per heavy atom. The van der Waals surface area contributed by atoms with Gasteiger partial charge >= 0.3 is 5.69 Å². The lowest BCUT2D eigenvalue weighted by molar-refractivity contribution is -0.385. The Morgan fingerprint density at radius 2 is 2.24 bits per heavy atom. The fourth-order valence-electron chi connectivity index (χ4n) is 1.65. The molecule has 1 fully saturated rings. The van der Waals surface area contributed by atoms with Crippen LogP contribution in [0.2, 0.25) is 0 Å². The van der Waals surface area contributed by atoms with Crippen molar-refractivity contribution in [3.05, 3.63) is 33.9 Å². The van der Waals surface area contributed by atoms with Crippen molar-refractivity contribution in [1.29, 1.82) is 0 Å². The van der Waals surface area contributed by atoms with E-state index in [0.29, 0.717) is 12.4 Å². The molecular weight excluding hydrogens is 242 g/mol. The van der Waals surface area contributed by atoms with Gasteiger partial charge in [0, 0.05) is 11.9 Å². The average molecular weight is 256 g/mol. The van der Waals surface area contributed by atoms with Crippen molar-refractivity contribution in [3.8, 4) is 5.75 Å². The minimum absolute atomic E-state index is 0.000975. The Labute approximate surface area is 105 Å². The van der Waals surface area contributed by atoms with Crippen LogP contribution in [0.4, 0.5) is 5.69 Å². The van der Waals surface area contributed by atoms with Crippen molar-refractivity contribution in [1.82, 2.24) is 0 Å². The monoisotopic (exact) mass is 255 g/mol. The van der Waals surface area contributed by atoms with E-state index in [1.54, 1.807) is 12.1 Å². The first-order chi connectivity index (χ1) is 8.20. The second-order valence-corrected chi connectivity index (χ2v) is 4.54. The Bertz CT molecular complexity index is 418. The van der Waals surface area contributed by atoms with Gasteiger partial charge < -0.3 is 4.74 Å². The summed E-state index contributed by atoms with van der Waals surface area (Å²) in [5.74, 6) is 1.36. The van der Waals surface area contributed by atoms with Gasteiger partial charge in [-0.05, 0) is 24.0 Å². The second-order valence-electron chi connectivity index (χ2n) is 4.27. The van der Waals surface area contributed by atoms with Gasteiger partial charge in [0.1, 0.15) is 0 Å². The van der Waals surface area contributed by atoms with Crippen molar-refractivity contribution < 1.29 is 9.66 Å². The fraction of sp³-hybridized carbons (Fsp3) is 0.500. The number of nitro benzene ring substituents is 1. The van der Waals surface area contributed by atoms with E-state index in [1.807, 2.05) is 0 Å². The smallest absolute Gasteiger partial charge is 0.311 e. The molecule has 0 bridgehead atoms. The Balaban J connectivity index is 2.04. The highest BCUT2D eigenvalue weighted by Crippen LogP contribution is 2.33. The van der Waals surface area contributed by atoms with Crippen LogP contribution in [0.3, 0.4) is 0 Å². The quantitative estimate of drug-likeness (QED) is 0.444. The largest absolute Gasteiger partial charge is 0.487 e. The van der Waals surface area contributed by atoms with E-state index < -0.39 is 4.92 Å². The minimum atomic E-state index is -0.428. The molecule has 0 saturated heterocycles. The van der Waals surface area contributed by atoms with Gasteiger partial charge in [-0.1, -0.05) is 18.9 Å². The molecular formula is C12H14ClNO3. The summed E-state index contributed by atoms with van der Waals surface area (Å²) in [6.45, 7) is 0.547. The van der Waals surface area contributed by atoms with Gasteiger partial charge in [0.25, 0.3) is 0 Å². The first-order valence-electron chi connectivity index (χ1n) is 5.67. The van der Waals surface area contributed by atoms with Gasteiger partial charge in [0.2, 0.25) is 0 Å². The molecule has 0 N–H and O–H groups in total. The molecule has 1 aliphatic carbocycles. The molecule has 0 aromatic heterocycles. The number of hydrogen-bond acceptors (Lipinski definition) is 3. The molecule has 4 nitrogen and oxygen atoms in total. The molecule has 0 amide bonds. The number of rotatable bonds is 6. The number of benzene rings is 1. The summed E-state index contributed by atoms with van der Waals surface area (Å²) in [5, 5.41) is 10.9. The van der Waals surface area contributed by atoms with Crippen LogP contribution in [0.15, 0.2) is 18.2 Å². The van der Waals surface area contributed by atoms with E-state index in [4.69, 9.17) is 16.3 Å². The molecule has 1 aliphatic rings. The number of nitro groups is 1. The van der Waals surface area contributed by atoms with Crippen molar-refractivity contribution >= 4 is 17.3 Å². The molecule has 0 aliphatic heterocycles. The number of ether oxygens (including phenoxy) is 1. The van der Waals surface area contributed by atoms with Gasteiger partial charge in [-0.15, -0.1) is 11.6 Å². The lowest BCUT2D eigenvalue weighted by atomic mass is 10.2. The molecule has 17 heavy (non-hydrogen) atoms. The summed E-state index contributed by atoms with van der Waals surface area (Å²) < 4.78 is 5.46. The molecule has 0 unspecified atom stereocenters. The zero-order valence-electron chi connectivity index (χ0n) is 9.39. The molecule has 0 heterocycles. The Kier molecular flexibility index (Phi) is 3.84. The first kappa shape index (κ1) is 12.2. The van der Waals surface area contributed by atoms with Crippen LogP contribution in [0, 0.1) is 16.0 Å². The summed E-state index contributed by atoms with van der Waals surface area (Å²) in [6, 6.07) is 4.86. The number of nitrogens with zero attached hydrogens (tertiary/aromatic N) is 1. The van der Waals surface area contributed by atoms with Crippen LogP contribution < -0.4 is 4.74 Å². The summed E-state index contributed by atoms with van der Waals surface area (Å²) in [4.78, 5) is 10.5. The van der Waals surface area contributed by atoms with E-state index in [2.05, 4.69) is 0 Å². The molecule has 0 spiro atoms. The third-order valence-electron chi connectivity index (χ3n) is 2.85. The highest BCUT2D eigenvalue weighted by Gasteiger charge is 2.22. The average Bonchev–Trinajstić information content (AvgIpc) is 3.13. The zero-order valence-corrected chi connectivity index (χ0v) is 10.2. The van der Waals surface area contributed by atoms with Gasteiger partial charge in [-0.25, -0.2) is 0 Å². The van der Waals surface area contributed by atoms with Crippen LogP contribution >= 0.6 is 11.6 Å². The first-order valence-corrected chi connectivity index (χ1v) is 6.20. The van der Waals surface area contributed by atoms with Crippen LogP contribution in [-0.4, -0.2) is 11.5 Å². The lowest BCUT2D eigenvalue weighted by Crippen LogP contribution is -2.01. The van der Waals surface area contributed by atoms with E-state index in [9.17, 15) is 10.1 Å². The maximum Gasteiger partial charge on any atom is 0.311 e. The number of hydrogen-bond donors (Lipinski definition) is 0. The standard InChI is InChI=1S/C12H14ClNO3/c13-8-10-3-4-12(11(7-10)14(15)16)17-6-5-9-1-2-9/h3-4,7,9H,1-2,5-6,8H2. The Morgan fingerprint density at radius 1 is 1.47 bits per heavy atom. The normalized spacial score (nSPS) is 14.6. The SMILES string of the molecule is O=[N+]([O-])c1cc(CCl)ccc1OCCC1CC1. The number of alkyl halides is 1. The zero-order chi connectivity index (χ0) is 12.3. The van der Waals surface area contributed by atoms with Gasteiger partial charge in [-0.3, -0.25) is 10.1 Å². The molecule has 1 saturated carbocycles. The van der Waals surface area contributed by atoms with Crippen LogP contribution in [0.1, 0.15) is 24.8 Å². The predicted octanol–water partition coefficient (Wildman–Crippen LogP) is 3.51. The van der Waals surface area contributed by atoms with Crippen LogP contribution in [0.25, 0.3) is 0 Å². The molecule has 1 aromatic carbocycles. The molecule has 2 rings (SSSR count). The van der Waals surface area contributed by atoms with Crippen molar-refractivity contribution in [2.45, 2.75) is 25.1 Å². The summed E-state index contributed by atoms with van der Waals surface area (Å²) in [7, 11) is 0. The molecule has 92 valence electrons. The Hall–Kier alpha value is -1.29. The molecule has 0 atom stereocenters. The summed E-state index contributed by atoms with van der Waals surface area (Å²) in [5.41, 5.74) is 0.729. The highest BCUT2D eigenvalue weighted by atomic mass is 35.5. The highest BCUT2D eigenvalue weighted by molar-refractivity contribution is 6.17. The summed E-state index contributed by atoms with van der Waals surface area (Å²) >= 11 is 5.65. The topological polar surface area (TPSA) is 52.4 Å². The van der Waals surface area contributed by atoms with E-state index in [-0.39, 0.29) is 11.6 Å². The third kappa shape index (κ3) is 3.33. The van der Waals surface area contributed by atoms with E-state index in [1.165, 1.54) is 18.9 Å². The van der Waals surface area contributed by atoms with E-state index >= 15 is 0 Å². The minimum Gasteiger partial charge on any atom is -0.487 e. The number of halogens is 1. The van der Waals surface area contributed by atoms with Gasteiger partial charge in [0.05, 0.1) is 11.5 Å². The fourth-order valence-corrected chi connectivity index (χ4v) is 1.82. The van der Waals surface area contributed by atoms with Crippen molar-refractivity contribution in [3.63, 3.8) is 0 Å². The summed E-state index contributed by atoms with van der Waals surface area (Å²) in [6.07, 6.45) is 3.50. The second kappa shape index (κ2) is 5.36. The van der Waals surface area contributed by atoms with E-state index in [0.717, 1.165) is 17.9 Å².